The Morgan fingerprint density at radius 3 is 2.26 bits per heavy atom. The Hall–Kier alpha value is -2.01. The van der Waals surface area contributed by atoms with E-state index in [-0.39, 0.29) is 23.1 Å². The Morgan fingerprint density at radius 2 is 1.74 bits per heavy atom. The van der Waals surface area contributed by atoms with Crippen LogP contribution in [0.4, 0.5) is 5.13 Å². The number of amides is 2. The number of rotatable bonds is 2. The molecule has 3 rings (SSSR count). The molecule has 2 amide bonds. The molecule has 0 radical (unpaired) electrons. The van der Waals surface area contributed by atoms with E-state index in [1.807, 2.05) is 26.0 Å². The summed E-state index contributed by atoms with van der Waals surface area (Å²) in [7, 11) is 0. The third-order valence-corrected chi connectivity index (χ3v) is 4.87. The molecule has 0 N–H and O–H groups in total. The number of aromatic nitrogens is 1. The minimum atomic E-state index is -0.257. The molecule has 5 heteroatoms. The van der Waals surface area contributed by atoms with Crippen molar-refractivity contribution in [2.45, 2.75) is 46.0 Å². The van der Waals surface area contributed by atoms with Crippen LogP contribution < -0.4 is 4.90 Å². The molecule has 1 aliphatic heterocycles. The Morgan fingerprint density at radius 1 is 1.09 bits per heavy atom. The van der Waals surface area contributed by atoms with Gasteiger partial charge in [-0.2, -0.15) is 0 Å². The second kappa shape index (κ2) is 5.27. The molecular formula is C18H20N2O2S. The first-order valence-corrected chi connectivity index (χ1v) is 8.57. The number of imide groups is 1. The van der Waals surface area contributed by atoms with Crippen LogP contribution in [0.2, 0.25) is 0 Å². The lowest BCUT2D eigenvalue weighted by Crippen LogP contribution is -2.30. The number of carbonyl (C=O) groups excluding carboxylic acids is 2. The van der Waals surface area contributed by atoms with Gasteiger partial charge in [0.1, 0.15) is 0 Å². The predicted molar refractivity (Wildman–Crippen MR) is 92.5 cm³/mol. The van der Waals surface area contributed by atoms with E-state index in [9.17, 15) is 9.59 Å². The van der Waals surface area contributed by atoms with Crippen molar-refractivity contribution < 1.29 is 9.59 Å². The van der Waals surface area contributed by atoms with Crippen LogP contribution in [0.1, 0.15) is 72.4 Å². The summed E-state index contributed by atoms with van der Waals surface area (Å²) < 4.78 is 0. The van der Waals surface area contributed by atoms with Crippen LogP contribution in [-0.4, -0.2) is 16.8 Å². The summed E-state index contributed by atoms with van der Waals surface area (Å²) in [4.78, 5) is 31.4. The van der Waals surface area contributed by atoms with Gasteiger partial charge in [-0.15, -0.1) is 11.3 Å². The summed E-state index contributed by atoms with van der Waals surface area (Å²) in [5, 5.41) is 2.21. The fourth-order valence-corrected chi connectivity index (χ4v) is 3.63. The molecule has 0 aliphatic carbocycles. The van der Waals surface area contributed by atoms with Gasteiger partial charge in [0.25, 0.3) is 11.8 Å². The van der Waals surface area contributed by atoms with Gasteiger partial charge in [0.05, 0.1) is 11.1 Å². The van der Waals surface area contributed by atoms with Gasteiger partial charge in [0.15, 0.2) is 5.13 Å². The molecule has 0 saturated heterocycles. The van der Waals surface area contributed by atoms with Crippen LogP contribution in [0.15, 0.2) is 23.7 Å². The van der Waals surface area contributed by atoms with Gasteiger partial charge in [0, 0.05) is 11.6 Å². The SMILES string of the molecule is CC(C)c1ccc(C(C)(C)C)c2c1C(=O)N(c1nccs1)C2=O. The number of hydrogen-bond acceptors (Lipinski definition) is 4. The van der Waals surface area contributed by atoms with Gasteiger partial charge >= 0.3 is 0 Å². The summed E-state index contributed by atoms with van der Waals surface area (Å²) >= 11 is 1.30. The van der Waals surface area contributed by atoms with Gasteiger partial charge < -0.3 is 0 Å². The van der Waals surface area contributed by atoms with Crippen molar-refractivity contribution in [3.63, 3.8) is 0 Å². The molecule has 0 fully saturated rings. The number of nitrogens with zero attached hydrogens (tertiary/aromatic N) is 2. The van der Waals surface area contributed by atoms with Crippen molar-refractivity contribution in [3.8, 4) is 0 Å². The van der Waals surface area contributed by atoms with E-state index in [0.29, 0.717) is 16.3 Å². The second-order valence-corrected chi connectivity index (χ2v) is 7.99. The maximum atomic E-state index is 13.0. The lowest BCUT2D eigenvalue weighted by atomic mass is 9.80. The lowest BCUT2D eigenvalue weighted by molar-refractivity contribution is 0.0925. The third kappa shape index (κ3) is 2.39. The fraction of sp³-hybridized carbons (Fsp3) is 0.389. The monoisotopic (exact) mass is 328 g/mol. The fourth-order valence-electron chi connectivity index (χ4n) is 2.99. The molecule has 120 valence electrons. The van der Waals surface area contributed by atoms with E-state index in [4.69, 9.17) is 0 Å². The van der Waals surface area contributed by atoms with Crippen LogP contribution >= 0.6 is 11.3 Å². The van der Waals surface area contributed by atoms with Crippen molar-refractivity contribution >= 4 is 28.3 Å². The highest BCUT2D eigenvalue weighted by atomic mass is 32.1. The van der Waals surface area contributed by atoms with Gasteiger partial charge in [-0.05, 0) is 22.5 Å². The smallest absolute Gasteiger partial charge is 0.268 e. The first-order valence-electron chi connectivity index (χ1n) is 7.69. The summed E-state index contributed by atoms with van der Waals surface area (Å²) in [5.74, 6) is -0.340. The van der Waals surface area contributed by atoms with Gasteiger partial charge in [0.2, 0.25) is 0 Å². The number of hydrogen-bond donors (Lipinski definition) is 0. The highest BCUT2D eigenvalue weighted by Crippen LogP contribution is 2.39. The summed E-state index contributed by atoms with van der Waals surface area (Å²) in [6, 6.07) is 3.98. The quantitative estimate of drug-likeness (QED) is 0.769. The van der Waals surface area contributed by atoms with Crippen LogP contribution in [0.5, 0.6) is 0 Å². The average molecular weight is 328 g/mol. The number of anilines is 1. The third-order valence-electron chi connectivity index (χ3n) is 4.11. The molecule has 0 unspecified atom stereocenters. The zero-order valence-corrected chi connectivity index (χ0v) is 14.8. The first-order chi connectivity index (χ1) is 10.7. The maximum absolute atomic E-state index is 13.0. The number of fused-ring (bicyclic) bond motifs is 1. The van der Waals surface area contributed by atoms with Crippen LogP contribution in [0.25, 0.3) is 0 Å². The Kier molecular flexibility index (Phi) is 3.64. The van der Waals surface area contributed by atoms with Gasteiger partial charge in [-0.1, -0.05) is 46.8 Å². The minimum Gasteiger partial charge on any atom is -0.268 e. The largest absolute Gasteiger partial charge is 0.268 e. The predicted octanol–water partition coefficient (Wildman–Crippen LogP) is 4.36. The van der Waals surface area contributed by atoms with E-state index < -0.39 is 0 Å². The molecule has 2 aromatic rings. The highest BCUT2D eigenvalue weighted by molar-refractivity contribution is 7.14. The van der Waals surface area contributed by atoms with Crippen molar-refractivity contribution in [3.05, 3.63) is 46.0 Å². The molecule has 1 aliphatic rings. The van der Waals surface area contributed by atoms with Crippen LogP contribution in [0.3, 0.4) is 0 Å². The molecule has 2 heterocycles. The Balaban J connectivity index is 2.29. The zero-order valence-electron chi connectivity index (χ0n) is 14.0. The summed E-state index contributed by atoms with van der Waals surface area (Å²) in [6.45, 7) is 10.2. The van der Waals surface area contributed by atoms with Crippen molar-refractivity contribution in [1.29, 1.82) is 0 Å². The van der Waals surface area contributed by atoms with E-state index in [0.717, 1.165) is 11.1 Å². The normalized spacial score (nSPS) is 14.8. The molecule has 0 saturated carbocycles. The Bertz CT molecular complexity index is 786. The second-order valence-electron chi connectivity index (χ2n) is 7.12. The average Bonchev–Trinajstić information content (AvgIpc) is 3.05. The summed E-state index contributed by atoms with van der Waals surface area (Å²) in [5.41, 5.74) is 2.71. The number of thiazole rings is 1. The topological polar surface area (TPSA) is 50.3 Å². The summed E-state index contributed by atoms with van der Waals surface area (Å²) in [6.07, 6.45) is 1.61. The highest BCUT2D eigenvalue weighted by Gasteiger charge is 2.43. The van der Waals surface area contributed by atoms with E-state index >= 15 is 0 Å². The van der Waals surface area contributed by atoms with Gasteiger partial charge in [-0.25, -0.2) is 9.88 Å². The van der Waals surface area contributed by atoms with Crippen molar-refractivity contribution in [1.82, 2.24) is 4.98 Å². The van der Waals surface area contributed by atoms with Gasteiger partial charge in [-0.3, -0.25) is 9.59 Å². The van der Waals surface area contributed by atoms with E-state index in [2.05, 4.69) is 25.8 Å². The Labute approximate surface area is 140 Å². The number of benzene rings is 1. The first kappa shape index (κ1) is 15.9. The lowest BCUT2D eigenvalue weighted by Gasteiger charge is -2.23. The number of carbonyl (C=O) groups is 2. The minimum absolute atomic E-state index is 0.172. The zero-order chi connectivity index (χ0) is 16.9. The van der Waals surface area contributed by atoms with E-state index in [1.165, 1.54) is 16.2 Å². The maximum Gasteiger partial charge on any atom is 0.268 e. The molecule has 4 nitrogen and oxygen atoms in total. The molecular weight excluding hydrogens is 308 g/mol. The molecule has 1 aromatic carbocycles. The van der Waals surface area contributed by atoms with E-state index in [1.54, 1.807) is 11.6 Å². The molecule has 0 spiro atoms. The van der Waals surface area contributed by atoms with Crippen molar-refractivity contribution in [2.75, 3.05) is 4.90 Å². The molecule has 0 atom stereocenters. The standard InChI is InChI=1S/C18H20N2O2S/c1-10(2)11-6-7-12(18(3,4)5)14-13(11)15(21)20(16(14)22)17-19-8-9-23-17/h6-10H,1-5H3. The molecule has 1 aromatic heterocycles. The molecule has 0 bridgehead atoms. The van der Waals surface area contributed by atoms with Crippen LogP contribution in [-0.2, 0) is 5.41 Å². The van der Waals surface area contributed by atoms with Crippen LogP contribution in [0, 0.1) is 0 Å². The molecule has 23 heavy (non-hydrogen) atoms. The van der Waals surface area contributed by atoms with Crippen molar-refractivity contribution in [2.24, 2.45) is 0 Å².